The Labute approximate surface area is 100 Å². The van der Waals surface area contributed by atoms with Crippen molar-refractivity contribution < 1.29 is 18.3 Å². The van der Waals surface area contributed by atoms with Gasteiger partial charge in [-0.1, -0.05) is 6.07 Å². The second kappa shape index (κ2) is 4.14. The smallest absolute Gasteiger partial charge is 0.335 e. The molecule has 5 heteroatoms. The molecule has 1 aromatic carbocycles. The summed E-state index contributed by atoms with van der Waals surface area (Å²) in [6, 6.07) is 3.01. The Morgan fingerprint density at radius 2 is 2.00 bits per heavy atom. The lowest BCUT2D eigenvalue weighted by Gasteiger charge is -2.09. The van der Waals surface area contributed by atoms with Crippen LogP contribution < -0.4 is 0 Å². The van der Waals surface area contributed by atoms with E-state index in [4.69, 9.17) is 5.11 Å². The molecule has 0 aliphatic carbocycles. The Kier molecular flexibility index (Phi) is 2.95. The third-order valence-corrected chi connectivity index (χ3v) is 4.96. The Hall–Kier alpha value is -1.36. The highest BCUT2D eigenvalue weighted by molar-refractivity contribution is 7.91. The average molecular weight is 254 g/mol. The van der Waals surface area contributed by atoms with Crippen LogP contribution in [0.5, 0.6) is 0 Å². The molecule has 0 radical (unpaired) electrons. The second-order valence-corrected chi connectivity index (χ2v) is 6.43. The molecule has 0 bridgehead atoms. The average Bonchev–Trinajstić information content (AvgIpc) is 2.36. The molecular formula is C12H14O4S. The van der Waals surface area contributed by atoms with Gasteiger partial charge in [0, 0.05) is 0 Å². The first kappa shape index (κ1) is 12.1. The molecule has 1 N–H and O–H groups in total. The molecule has 0 amide bonds. The van der Waals surface area contributed by atoms with Gasteiger partial charge < -0.3 is 5.11 Å². The normalized spacial score (nSPS) is 18.2. The summed E-state index contributed by atoms with van der Waals surface area (Å²) in [5.41, 5.74) is 1.45. The summed E-state index contributed by atoms with van der Waals surface area (Å²) in [4.78, 5) is 11.2. The third kappa shape index (κ3) is 2.20. The topological polar surface area (TPSA) is 71.4 Å². The van der Waals surface area contributed by atoms with E-state index in [1.807, 2.05) is 0 Å². The van der Waals surface area contributed by atoms with Crippen LogP contribution in [0.1, 0.15) is 34.3 Å². The Bertz CT molecular complexity index is 572. The minimum absolute atomic E-state index is 0.0780. The first-order valence-electron chi connectivity index (χ1n) is 5.51. The number of carboxylic acid groups (broad SMARTS) is 1. The highest BCUT2D eigenvalue weighted by Crippen LogP contribution is 2.27. The summed E-state index contributed by atoms with van der Waals surface area (Å²) >= 11 is 0. The van der Waals surface area contributed by atoms with Crippen molar-refractivity contribution in [2.45, 2.75) is 31.1 Å². The molecular weight excluding hydrogens is 240 g/mol. The maximum atomic E-state index is 12.0. The summed E-state index contributed by atoms with van der Waals surface area (Å²) in [7, 11) is -3.31. The second-order valence-electron chi connectivity index (χ2n) is 4.36. The highest BCUT2D eigenvalue weighted by Gasteiger charge is 2.24. The number of sulfone groups is 1. The van der Waals surface area contributed by atoms with Crippen LogP contribution in [-0.2, 0) is 16.3 Å². The fraction of sp³-hybridized carbons (Fsp3) is 0.417. The summed E-state index contributed by atoms with van der Waals surface area (Å²) < 4.78 is 24.0. The van der Waals surface area contributed by atoms with Crippen molar-refractivity contribution in [2.24, 2.45) is 0 Å². The zero-order valence-electron chi connectivity index (χ0n) is 9.56. The van der Waals surface area contributed by atoms with Crippen LogP contribution in [0, 0.1) is 6.92 Å². The van der Waals surface area contributed by atoms with Crippen molar-refractivity contribution in [3.05, 3.63) is 28.8 Å². The molecule has 0 aromatic heterocycles. The van der Waals surface area contributed by atoms with Crippen LogP contribution in [0.4, 0.5) is 0 Å². The molecule has 2 rings (SSSR count). The molecule has 17 heavy (non-hydrogen) atoms. The van der Waals surface area contributed by atoms with Gasteiger partial charge in [-0.15, -0.1) is 0 Å². The van der Waals surface area contributed by atoms with E-state index in [-0.39, 0.29) is 16.2 Å². The summed E-state index contributed by atoms with van der Waals surface area (Å²) in [5, 5.41) is 9.01. The first-order valence-corrected chi connectivity index (χ1v) is 7.16. The molecule has 1 heterocycles. The van der Waals surface area contributed by atoms with Gasteiger partial charge in [-0.25, -0.2) is 13.2 Å². The maximum absolute atomic E-state index is 12.0. The molecule has 1 aliphatic heterocycles. The lowest BCUT2D eigenvalue weighted by Crippen LogP contribution is -2.09. The van der Waals surface area contributed by atoms with E-state index in [1.54, 1.807) is 13.0 Å². The number of fused-ring (bicyclic) bond motifs is 1. The van der Waals surface area contributed by atoms with Crippen molar-refractivity contribution >= 4 is 15.8 Å². The number of carbonyl (C=O) groups is 1. The van der Waals surface area contributed by atoms with Gasteiger partial charge in [0.1, 0.15) is 0 Å². The van der Waals surface area contributed by atoms with E-state index < -0.39 is 15.8 Å². The predicted molar refractivity (Wildman–Crippen MR) is 63.1 cm³/mol. The number of aromatic carboxylic acids is 1. The van der Waals surface area contributed by atoms with E-state index in [0.29, 0.717) is 18.4 Å². The number of carboxylic acids is 1. The SMILES string of the molecule is Cc1cc2c(cc1C(=O)O)S(=O)(=O)CCCC2. The Balaban J connectivity index is 2.70. The van der Waals surface area contributed by atoms with Crippen LogP contribution >= 0.6 is 0 Å². The van der Waals surface area contributed by atoms with Crippen molar-refractivity contribution in [1.82, 2.24) is 0 Å². The summed E-state index contributed by atoms with van der Waals surface area (Å²) in [6.07, 6.45) is 2.17. The van der Waals surface area contributed by atoms with E-state index in [2.05, 4.69) is 0 Å². The fourth-order valence-electron chi connectivity index (χ4n) is 2.18. The Morgan fingerprint density at radius 3 is 2.65 bits per heavy atom. The molecule has 4 nitrogen and oxygen atoms in total. The van der Waals surface area contributed by atoms with Crippen LogP contribution in [0.2, 0.25) is 0 Å². The molecule has 0 saturated heterocycles. The van der Waals surface area contributed by atoms with Crippen molar-refractivity contribution in [2.75, 3.05) is 5.75 Å². The fourth-order valence-corrected chi connectivity index (χ4v) is 3.84. The molecule has 0 unspecified atom stereocenters. The Morgan fingerprint density at radius 1 is 1.29 bits per heavy atom. The summed E-state index contributed by atoms with van der Waals surface area (Å²) in [5.74, 6) is -0.966. The lowest BCUT2D eigenvalue weighted by molar-refractivity contribution is 0.0696. The van der Waals surface area contributed by atoms with Crippen LogP contribution in [0.3, 0.4) is 0 Å². The monoisotopic (exact) mass is 254 g/mol. The van der Waals surface area contributed by atoms with E-state index in [9.17, 15) is 13.2 Å². The van der Waals surface area contributed by atoms with Gasteiger partial charge in [0.2, 0.25) is 0 Å². The van der Waals surface area contributed by atoms with Crippen molar-refractivity contribution in [3.8, 4) is 0 Å². The van der Waals surface area contributed by atoms with Crippen LogP contribution in [0.25, 0.3) is 0 Å². The van der Waals surface area contributed by atoms with Crippen molar-refractivity contribution in [1.29, 1.82) is 0 Å². The van der Waals surface area contributed by atoms with E-state index >= 15 is 0 Å². The number of hydrogen-bond acceptors (Lipinski definition) is 3. The maximum Gasteiger partial charge on any atom is 0.335 e. The molecule has 1 aliphatic rings. The van der Waals surface area contributed by atoms with Gasteiger partial charge in [0.15, 0.2) is 9.84 Å². The van der Waals surface area contributed by atoms with Crippen LogP contribution in [0.15, 0.2) is 17.0 Å². The molecule has 0 spiro atoms. The van der Waals surface area contributed by atoms with Gasteiger partial charge in [-0.3, -0.25) is 0 Å². The minimum atomic E-state index is -3.31. The molecule has 0 saturated carbocycles. The van der Waals surface area contributed by atoms with E-state index in [0.717, 1.165) is 12.0 Å². The third-order valence-electron chi connectivity index (χ3n) is 3.08. The predicted octanol–water partition coefficient (Wildman–Crippen LogP) is 1.80. The minimum Gasteiger partial charge on any atom is -0.478 e. The first-order chi connectivity index (χ1) is 7.92. The quantitative estimate of drug-likeness (QED) is 0.829. The largest absolute Gasteiger partial charge is 0.478 e. The highest BCUT2D eigenvalue weighted by atomic mass is 32.2. The standard InChI is InChI=1S/C12H14O4S/c1-8-6-9-4-2-3-5-17(15,16)11(9)7-10(8)12(13)14/h6-7H,2-5H2,1H3,(H,13,14). The number of aryl methyl sites for hydroxylation is 2. The molecule has 92 valence electrons. The van der Waals surface area contributed by atoms with Crippen LogP contribution in [-0.4, -0.2) is 25.2 Å². The van der Waals surface area contributed by atoms with Crippen molar-refractivity contribution in [3.63, 3.8) is 0 Å². The number of rotatable bonds is 1. The van der Waals surface area contributed by atoms with Gasteiger partial charge in [0.05, 0.1) is 16.2 Å². The van der Waals surface area contributed by atoms with Gasteiger partial charge in [-0.2, -0.15) is 0 Å². The lowest BCUT2D eigenvalue weighted by atomic mass is 10.0. The molecule has 0 atom stereocenters. The molecule has 0 fully saturated rings. The number of hydrogen-bond donors (Lipinski definition) is 1. The zero-order chi connectivity index (χ0) is 12.6. The number of benzene rings is 1. The van der Waals surface area contributed by atoms with Gasteiger partial charge in [0.25, 0.3) is 0 Å². The molecule has 1 aromatic rings. The zero-order valence-corrected chi connectivity index (χ0v) is 10.4. The van der Waals surface area contributed by atoms with E-state index in [1.165, 1.54) is 6.07 Å². The summed E-state index contributed by atoms with van der Waals surface area (Å²) in [6.45, 7) is 1.70. The van der Waals surface area contributed by atoms with Gasteiger partial charge >= 0.3 is 5.97 Å². The van der Waals surface area contributed by atoms with Gasteiger partial charge in [-0.05, 0) is 43.4 Å².